The largest absolute Gasteiger partial charge is 0.370 e. The average molecular weight is 185 g/mol. The monoisotopic (exact) mass is 185 g/mol. The van der Waals surface area contributed by atoms with Gasteiger partial charge in [0.1, 0.15) is 0 Å². The molecule has 0 aliphatic rings. The number of rotatable bonds is 7. The molecule has 0 unspecified atom stereocenters. The maximum Gasteiger partial charge on any atom is 0.217 e. The van der Waals surface area contributed by atoms with E-state index in [4.69, 9.17) is 5.73 Å². The molecule has 0 heterocycles. The van der Waals surface area contributed by atoms with Crippen molar-refractivity contribution in [1.29, 1.82) is 0 Å². The lowest BCUT2D eigenvalue weighted by atomic mass is 9.77. The molecule has 0 rings (SSSR count). The fourth-order valence-electron chi connectivity index (χ4n) is 2.01. The van der Waals surface area contributed by atoms with Crippen molar-refractivity contribution in [2.45, 2.75) is 59.3 Å². The Morgan fingerprint density at radius 2 is 1.62 bits per heavy atom. The second-order valence-corrected chi connectivity index (χ2v) is 4.28. The van der Waals surface area contributed by atoms with E-state index in [1.807, 2.05) is 0 Å². The van der Waals surface area contributed by atoms with E-state index < -0.39 is 0 Å². The van der Waals surface area contributed by atoms with Crippen LogP contribution in [0, 0.1) is 5.41 Å². The summed E-state index contributed by atoms with van der Waals surface area (Å²) >= 11 is 0. The minimum atomic E-state index is -0.168. The lowest BCUT2D eigenvalue weighted by molar-refractivity contribution is -0.118. The molecule has 0 aliphatic carbocycles. The Bertz CT molecular complexity index is 148. The van der Waals surface area contributed by atoms with Crippen molar-refractivity contribution in [3.8, 4) is 0 Å². The van der Waals surface area contributed by atoms with E-state index in [-0.39, 0.29) is 5.91 Å². The van der Waals surface area contributed by atoms with Crippen LogP contribution in [0.25, 0.3) is 0 Å². The summed E-state index contributed by atoms with van der Waals surface area (Å²) in [5.41, 5.74) is 5.48. The predicted molar refractivity (Wildman–Crippen MR) is 56.4 cm³/mol. The van der Waals surface area contributed by atoms with Gasteiger partial charge in [0.25, 0.3) is 0 Å². The molecule has 2 heteroatoms. The van der Waals surface area contributed by atoms with Crippen LogP contribution in [-0.2, 0) is 4.79 Å². The molecule has 0 aromatic rings. The third-order valence-corrected chi connectivity index (χ3v) is 2.68. The molecule has 78 valence electrons. The van der Waals surface area contributed by atoms with Crippen LogP contribution in [0.5, 0.6) is 0 Å². The second-order valence-electron chi connectivity index (χ2n) is 4.28. The lowest BCUT2D eigenvalue weighted by Crippen LogP contribution is -2.20. The molecule has 0 saturated heterocycles. The molecule has 2 nitrogen and oxygen atoms in total. The maximum absolute atomic E-state index is 10.7. The first-order chi connectivity index (χ1) is 6.04. The zero-order valence-electron chi connectivity index (χ0n) is 9.23. The number of hydrogen-bond donors (Lipinski definition) is 1. The molecule has 0 aromatic heterocycles. The zero-order valence-corrected chi connectivity index (χ0v) is 9.23. The van der Waals surface area contributed by atoms with Gasteiger partial charge in [0, 0.05) is 6.42 Å². The van der Waals surface area contributed by atoms with Crippen LogP contribution >= 0.6 is 0 Å². The van der Waals surface area contributed by atoms with Crippen molar-refractivity contribution in [3.63, 3.8) is 0 Å². The number of primary amides is 1. The van der Waals surface area contributed by atoms with Crippen LogP contribution in [0.15, 0.2) is 0 Å². The van der Waals surface area contributed by atoms with E-state index in [1.54, 1.807) is 0 Å². The van der Waals surface area contributed by atoms with Crippen molar-refractivity contribution >= 4 is 5.91 Å². The van der Waals surface area contributed by atoms with E-state index in [2.05, 4.69) is 20.8 Å². The predicted octanol–water partition coefficient (Wildman–Crippen LogP) is 2.86. The normalized spacial score (nSPS) is 11.6. The molecule has 0 aromatic carbocycles. The minimum absolute atomic E-state index is 0.168. The van der Waals surface area contributed by atoms with Gasteiger partial charge in [0.2, 0.25) is 5.91 Å². The van der Waals surface area contributed by atoms with Crippen molar-refractivity contribution < 1.29 is 4.79 Å². The smallest absolute Gasteiger partial charge is 0.217 e. The molecular formula is C11H23NO. The van der Waals surface area contributed by atoms with Crippen molar-refractivity contribution in [3.05, 3.63) is 0 Å². The summed E-state index contributed by atoms with van der Waals surface area (Å²) in [5.74, 6) is -0.168. The Hall–Kier alpha value is -0.530. The highest BCUT2D eigenvalue weighted by Crippen LogP contribution is 2.33. The van der Waals surface area contributed by atoms with Gasteiger partial charge in [-0.05, 0) is 24.7 Å². The zero-order chi connectivity index (χ0) is 10.3. The summed E-state index contributed by atoms with van der Waals surface area (Å²) in [6.07, 6.45) is 6.27. The molecule has 0 bridgehead atoms. The highest BCUT2D eigenvalue weighted by molar-refractivity contribution is 5.73. The van der Waals surface area contributed by atoms with Crippen LogP contribution in [0.4, 0.5) is 0 Å². The fourth-order valence-corrected chi connectivity index (χ4v) is 2.01. The number of carbonyl (C=O) groups excluding carboxylic acids is 1. The van der Waals surface area contributed by atoms with Gasteiger partial charge in [-0.15, -0.1) is 0 Å². The molecule has 0 aliphatic heterocycles. The van der Waals surface area contributed by atoms with Gasteiger partial charge in [-0.1, -0.05) is 33.6 Å². The lowest BCUT2D eigenvalue weighted by Gasteiger charge is -2.28. The van der Waals surface area contributed by atoms with Gasteiger partial charge in [-0.2, -0.15) is 0 Å². The van der Waals surface area contributed by atoms with Gasteiger partial charge in [0.05, 0.1) is 0 Å². The highest BCUT2D eigenvalue weighted by Gasteiger charge is 2.22. The Labute approximate surface area is 81.9 Å². The first-order valence-electron chi connectivity index (χ1n) is 5.32. The Balaban J connectivity index is 3.98. The first kappa shape index (κ1) is 12.5. The standard InChI is InChI=1S/C11H23NO/c1-4-7-11(3,8-5-2)9-6-10(12)13/h4-9H2,1-3H3,(H2,12,13). The topological polar surface area (TPSA) is 43.1 Å². The van der Waals surface area contributed by atoms with E-state index in [1.165, 1.54) is 25.7 Å². The summed E-state index contributed by atoms with van der Waals surface area (Å²) in [6, 6.07) is 0. The van der Waals surface area contributed by atoms with Gasteiger partial charge < -0.3 is 5.73 Å². The Morgan fingerprint density at radius 1 is 1.15 bits per heavy atom. The number of carbonyl (C=O) groups is 1. The highest BCUT2D eigenvalue weighted by atomic mass is 16.1. The minimum Gasteiger partial charge on any atom is -0.370 e. The van der Waals surface area contributed by atoms with Gasteiger partial charge in [0.15, 0.2) is 0 Å². The van der Waals surface area contributed by atoms with E-state index in [0.29, 0.717) is 11.8 Å². The molecule has 0 atom stereocenters. The van der Waals surface area contributed by atoms with Crippen LogP contribution in [0.3, 0.4) is 0 Å². The summed E-state index contributed by atoms with van der Waals surface area (Å²) in [4.78, 5) is 10.7. The molecule has 0 saturated carbocycles. The summed E-state index contributed by atoms with van der Waals surface area (Å²) in [6.45, 7) is 6.65. The average Bonchev–Trinajstić information content (AvgIpc) is 2.02. The maximum atomic E-state index is 10.7. The van der Waals surface area contributed by atoms with Crippen molar-refractivity contribution in [2.24, 2.45) is 11.1 Å². The molecule has 13 heavy (non-hydrogen) atoms. The molecule has 1 amide bonds. The summed E-state index contributed by atoms with van der Waals surface area (Å²) in [5, 5.41) is 0. The Kier molecular flexibility index (Phi) is 5.76. The summed E-state index contributed by atoms with van der Waals surface area (Å²) in [7, 11) is 0. The summed E-state index contributed by atoms with van der Waals surface area (Å²) < 4.78 is 0. The number of nitrogens with two attached hydrogens (primary N) is 1. The first-order valence-corrected chi connectivity index (χ1v) is 5.32. The molecular weight excluding hydrogens is 162 g/mol. The number of hydrogen-bond acceptors (Lipinski definition) is 1. The van der Waals surface area contributed by atoms with Crippen LogP contribution in [0.1, 0.15) is 59.3 Å². The molecule has 2 N–H and O–H groups in total. The third-order valence-electron chi connectivity index (χ3n) is 2.68. The Morgan fingerprint density at radius 3 is 1.92 bits per heavy atom. The van der Waals surface area contributed by atoms with E-state index >= 15 is 0 Å². The van der Waals surface area contributed by atoms with Crippen molar-refractivity contribution in [2.75, 3.05) is 0 Å². The molecule has 0 spiro atoms. The van der Waals surface area contributed by atoms with E-state index in [0.717, 1.165) is 6.42 Å². The molecule has 0 radical (unpaired) electrons. The second kappa shape index (κ2) is 6.01. The van der Waals surface area contributed by atoms with Gasteiger partial charge in [-0.25, -0.2) is 0 Å². The van der Waals surface area contributed by atoms with Crippen LogP contribution in [0.2, 0.25) is 0 Å². The SMILES string of the molecule is CCCC(C)(CCC)CCC(N)=O. The van der Waals surface area contributed by atoms with Crippen LogP contribution in [-0.4, -0.2) is 5.91 Å². The fraction of sp³-hybridized carbons (Fsp3) is 0.909. The number of amides is 1. The third kappa shape index (κ3) is 5.67. The van der Waals surface area contributed by atoms with E-state index in [9.17, 15) is 4.79 Å². The van der Waals surface area contributed by atoms with Crippen molar-refractivity contribution in [1.82, 2.24) is 0 Å². The molecule has 0 fully saturated rings. The van der Waals surface area contributed by atoms with Gasteiger partial charge >= 0.3 is 0 Å². The van der Waals surface area contributed by atoms with Crippen LogP contribution < -0.4 is 5.73 Å². The quantitative estimate of drug-likeness (QED) is 0.651. The van der Waals surface area contributed by atoms with Gasteiger partial charge in [-0.3, -0.25) is 4.79 Å².